The molecular formula is C22H38N2O2. The molecule has 0 aliphatic rings. The molecule has 0 aliphatic carbocycles. The lowest BCUT2D eigenvalue weighted by Gasteiger charge is -2.05. The van der Waals surface area contributed by atoms with E-state index in [4.69, 9.17) is 5.73 Å². The Labute approximate surface area is 159 Å². The maximum Gasteiger partial charge on any atom is 0.274 e. The molecule has 0 bridgehead atoms. The van der Waals surface area contributed by atoms with E-state index in [9.17, 15) is 10.1 Å². The Hall–Kier alpha value is -1.58. The van der Waals surface area contributed by atoms with Crippen molar-refractivity contribution in [2.75, 3.05) is 5.73 Å². The predicted octanol–water partition coefficient (Wildman–Crippen LogP) is 7.20. The highest BCUT2D eigenvalue weighted by molar-refractivity contribution is 5.52. The third-order valence-corrected chi connectivity index (χ3v) is 5.11. The summed E-state index contributed by atoms with van der Waals surface area (Å²) < 4.78 is 0. The maximum atomic E-state index is 11.1. The SMILES string of the molecule is CCCCCCCCCCCCCCCCc1ccc(N)cc1[N+](=O)[O-]. The lowest BCUT2D eigenvalue weighted by atomic mass is 10.0. The van der Waals surface area contributed by atoms with E-state index >= 15 is 0 Å². The highest BCUT2D eigenvalue weighted by Crippen LogP contribution is 2.23. The largest absolute Gasteiger partial charge is 0.399 e. The van der Waals surface area contributed by atoms with Gasteiger partial charge in [-0.05, 0) is 18.9 Å². The molecule has 148 valence electrons. The van der Waals surface area contributed by atoms with Crippen molar-refractivity contribution >= 4 is 11.4 Å². The van der Waals surface area contributed by atoms with Crippen LogP contribution in [0, 0.1) is 10.1 Å². The minimum absolute atomic E-state index is 0.166. The molecule has 1 aromatic rings. The fourth-order valence-electron chi connectivity index (χ4n) is 3.47. The summed E-state index contributed by atoms with van der Waals surface area (Å²) in [5.74, 6) is 0. The number of unbranched alkanes of at least 4 members (excludes halogenated alkanes) is 13. The van der Waals surface area contributed by atoms with Crippen LogP contribution < -0.4 is 5.73 Å². The Balaban J connectivity index is 1.96. The third kappa shape index (κ3) is 10.4. The van der Waals surface area contributed by atoms with E-state index in [2.05, 4.69) is 6.92 Å². The van der Waals surface area contributed by atoms with Gasteiger partial charge in [-0.3, -0.25) is 10.1 Å². The molecule has 0 saturated heterocycles. The Kier molecular flexibility index (Phi) is 12.6. The van der Waals surface area contributed by atoms with Gasteiger partial charge in [-0.15, -0.1) is 0 Å². The highest BCUT2D eigenvalue weighted by Gasteiger charge is 2.13. The summed E-state index contributed by atoms with van der Waals surface area (Å²) in [4.78, 5) is 10.7. The fourth-order valence-corrected chi connectivity index (χ4v) is 3.47. The third-order valence-electron chi connectivity index (χ3n) is 5.11. The van der Waals surface area contributed by atoms with Crippen LogP contribution in [0.2, 0.25) is 0 Å². The summed E-state index contributed by atoms with van der Waals surface area (Å²) >= 11 is 0. The molecule has 1 aromatic carbocycles. The second-order valence-corrected chi connectivity index (χ2v) is 7.49. The summed E-state index contributed by atoms with van der Waals surface area (Å²) in [6.45, 7) is 2.27. The topological polar surface area (TPSA) is 69.2 Å². The Morgan fingerprint density at radius 2 is 1.27 bits per heavy atom. The van der Waals surface area contributed by atoms with Gasteiger partial charge in [-0.25, -0.2) is 0 Å². The van der Waals surface area contributed by atoms with Gasteiger partial charge in [0.2, 0.25) is 0 Å². The van der Waals surface area contributed by atoms with Crippen molar-refractivity contribution in [3.63, 3.8) is 0 Å². The minimum Gasteiger partial charge on any atom is -0.399 e. The first-order chi connectivity index (χ1) is 12.6. The summed E-state index contributed by atoms with van der Waals surface area (Å²) in [6, 6.07) is 5.03. The second-order valence-electron chi connectivity index (χ2n) is 7.49. The van der Waals surface area contributed by atoms with E-state index in [1.807, 2.05) is 0 Å². The van der Waals surface area contributed by atoms with Crippen LogP contribution in [0.1, 0.15) is 102 Å². The molecule has 1 rings (SSSR count). The van der Waals surface area contributed by atoms with Crippen LogP contribution in [0.3, 0.4) is 0 Å². The molecule has 2 N–H and O–H groups in total. The summed E-state index contributed by atoms with van der Waals surface area (Å²) in [5, 5.41) is 11.1. The van der Waals surface area contributed by atoms with Gasteiger partial charge in [-0.1, -0.05) is 96.5 Å². The predicted molar refractivity (Wildman–Crippen MR) is 112 cm³/mol. The second kappa shape index (κ2) is 14.6. The Bertz CT molecular complexity index is 503. The minimum atomic E-state index is -0.324. The monoisotopic (exact) mass is 362 g/mol. The van der Waals surface area contributed by atoms with Crippen LogP contribution in [0.4, 0.5) is 11.4 Å². The molecule has 0 saturated carbocycles. The van der Waals surface area contributed by atoms with E-state index in [1.54, 1.807) is 12.1 Å². The zero-order valence-corrected chi connectivity index (χ0v) is 16.7. The molecule has 0 amide bonds. The van der Waals surface area contributed by atoms with Gasteiger partial charge in [0.1, 0.15) is 0 Å². The van der Waals surface area contributed by atoms with Gasteiger partial charge in [0.25, 0.3) is 5.69 Å². The van der Waals surface area contributed by atoms with Crippen molar-refractivity contribution in [2.45, 2.75) is 103 Å². The standard InChI is InChI=1S/C22H38N2O2/c1-2-3-4-5-6-7-8-9-10-11-12-13-14-15-16-20-17-18-21(23)19-22(20)24(25)26/h17-19H,2-16,23H2,1H3. The van der Waals surface area contributed by atoms with Gasteiger partial charge in [0, 0.05) is 17.3 Å². The number of hydrogen-bond acceptors (Lipinski definition) is 3. The average molecular weight is 363 g/mol. The number of rotatable bonds is 16. The molecule has 0 heterocycles. The lowest BCUT2D eigenvalue weighted by Crippen LogP contribution is -1.97. The van der Waals surface area contributed by atoms with Gasteiger partial charge in [0.15, 0.2) is 0 Å². The molecule has 0 spiro atoms. The molecule has 0 aromatic heterocycles. The smallest absolute Gasteiger partial charge is 0.274 e. The zero-order chi connectivity index (χ0) is 19.0. The number of nitro groups is 1. The molecule has 0 fully saturated rings. The van der Waals surface area contributed by atoms with Crippen LogP contribution in [0.5, 0.6) is 0 Å². The fraction of sp³-hybridized carbons (Fsp3) is 0.727. The number of aryl methyl sites for hydroxylation is 1. The van der Waals surface area contributed by atoms with Crippen molar-refractivity contribution < 1.29 is 4.92 Å². The molecule has 0 aliphatic heterocycles. The summed E-state index contributed by atoms with van der Waals surface area (Å²) in [6.07, 6.45) is 19.3. The number of benzene rings is 1. The van der Waals surface area contributed by atoms with Gasteiger partial charge >= 0.3 is 0 Å². The van der Waals surface area contributed by atoms with Gasteiger partial charge in [-0.2, -0.15) is 0 Å². The van der Waals surface area contributed by atoms with E-state index < -0.39 is 0 Å². The number of nitrogen functional groups attached to an aromatic ring is 1. The lowest BCUT2D eigenvalue weighted by molar-refractivity contribution is -0.385. The van der Waals surface area contributed by atoms with E-state index in [-0.39, 0.29) is 10.6 Å². The molecular weight excluding hydrogens is 324 g/mol. The summed E-state index contributed by atoms with van der Waals surface area (Å²) in [7, 11) is 0. The number of anilines is 1. The first kappa shape index (κ1) is 22.5. The first-order valence-electron chi connectivity index (χ1n) is 10.7. The van der Waals surface area contributed by atoms with Crippen LogP contribution in [0.15, 0.2) is 18.2 Å². The molecule has 4 heteroatoms. The molecule has 4 nitrogen and oxygen atoms in total. The quantitative estimate of drug-likeness (QED) is 0.146. The number of nitrogens with zero attached hydrogens (tertiary/aromatic N) is 1. The zero-order valence-electron chi connectivity index (χ0n) is 16.7. The van der Waals surface area contributed by atoms with Crippen molar-refractivity contribution in [2.24, 2.45) is 0 Å². The number of nitro benzene ring substituents is 1. The molecule has 0 radical (unpaired) electrons. The first-order valence-corrected chi connectivity index (χ1v) is 10.7. The van der Waals surface area contributed by atoms with Crippen molar-refractivity contribution in [3.8, 4) is 0 Å². The van der Waals surface area contributed by atoms with Crippen molar-refractivity contribution in [1.82, 2.24) is 0 Å². The van der Waals surface area contributed by atoms with Crippen LogP contribution >= 0.6 is 0 Å². The number of nitrogens with two attached hydrogens (primary N) is 1. The van der Waals surface area contributed by atoms with Crippen LogP contribution in [0.25, 0.3) is 0 Å². The summed E-state index contributed by atoms with van der Waals surface area (Å²) in [5.41, 5.74) is 7.08. The Morgan fingerprint density at radius 3 is 1.73 bits per heavy atom. The molecule has 0 unspecified atom stereocenters. The Morgan fingerprint density at radius 1 is 0.808 bits per heavy atom. The van der Waals surface area contributed by atoms with E-state index in [1.165, 1.54) is 83.1 Å². The van der Waals surface area contributed by atoms with Crippen LogP contribution in [-0.4, -0.2) is 4.92 Å². The maximum absolute atomic E-state index is 11.1. The van der Waals surface area contributed by atoms with Crippen molar-refractivity contribution in [1.29, 1.82) is 0 Å². The normalized spacial score (nSPS) is 11.0. The molecule has 26 heavy (non-hydrogen) atoms. The molecule has 0 atom stereocenters. The average Bonchev–Trinajstić information content (AvgIpc) is 2.62. The van der Waals surface area contributed by atoms with E-state index in [0.717, 1.165) is 24.8 Å². The highest BCUT2D eigenvalue weighted by atomic mass is 16.6. The van der Waals surface area contributed by atoms with Crippen molar-refractivity contribution in [3.05, 3.63) is 33.9 Å². The van der Waals surface area contributed by atoms with Crippen LogP contribution in [-0.2, 0) is 6.42 Å². The van der Waals surface area contributed by atoms with Gasteiger partial charge < -0.3 is 5.73 Å². The number of hydrogen-bond donors (Lipinski definition) is 1. The van der Waals surface area contributed by atoms with Gasteiger partial charge in [0.05, 0.1) is 4.92 Å². The van der Waals surface area contributed by atoms with E-state index in [0.29, 0.717) is 5.69 Å².